The molecule has 0 rings (SSSR count). The van der Waals surface area contributed by atoms with Gasteiger partial charge in [0.05, 0.1) is 5.82 Å². The number of hydrogen-bond donors (Lipinski definition) is 2. The van der Waals surface area contributed by atoms with Crippen LogP contribution in [0.5, 0.6) is 0 Å². The van der Waals surface area contributed by atoms with Gasteiger partial charge in [0.25, 0.3) is 0 Å². The molecule has 0 saturated carbocycles. The number of ketones is 1. The molecule has 0 aliphatic rings. The maximum atomic E-state index is 11.0. The number of carbonyl (C=O) groups excluding carboxylic acids is 1. The van der Waals surface area contributed by atoms with Gasteiger partial charge in [-0.2, -0.15) is 0 Å². The van der Waals surface area contributed by atoms with Crippen molar-refractivity contribution in [3.8, 4) is 0 Å². The summed E-state index contributed by atoms with van der Waals surface area (Å²) in [6.45, 7) is 7.82. The van der Waals surface area contributed by atoms with Crippen molar-refractivity contribution >= 4 is 5.78 Å². The average molecular weight is 156 g/mol. The number of nitrogens with two attached hydrogens (primary N) is 1. The second-order valence-electron chi connectivity index (χ2n) is 2.82. The van der Waals surface area contributed by atoms with Gasteiger partial charge < -0.3 is 11.1 Å². The third-order valence-corrected chi connectivity index (χ3v) is 1.37. The molecule has 0 heterocycles. The Morgan fingerprint density at radius 2 is 2.18 bits per heavy atom. The van der Waals surface area contributed by atoms with Crippen LogP contribution in [0.3, 0.4) is 0 Å². The molecule has 0 radical (unpaired) electrons. The minimum Gasteiger partial charge on any atom is -0.386 e. The molecule has 11 heavy (non-hydrogen) atoms. The van der Waals surface area contributed by atoms with Gasteiger partial charge in [-0.25, -0.2) is 0 Å². The molecule has 3 nitrogen and oxygen atoms in total. The fourth-order valence-corrected chi connectivity index (χ4v) is 0.635. The molecule has 0 aromatic heterocycles. The lowest BCUT2D eigenvalue weighted by Gasteiger charge is -2.05. The quantitative estimate of drug-likeness (QED) is 0.613. The number of Topliss-reactive ketones (excluding diaryl/α,β-unsaturated/α-hetero) is 1. The molecule has 0 spiro atoms. The highest BCUT2D eigenvalue weighted by Gasteiger charge is 2.05. The largest absolute Gasteiger partial charge is 0.386 e. The molecule has 0 atom stereocenters. The molecule has 0 aromatic rings. The third-order valence-electron chi connectivity index (χ3n) is 1.37. The molecular formula is C8H16N2O. The fraction of sp³-hybridized carbons (Fsp3) is 0.625. The summed E-state index contributed by atoms with van der Waals surface area (Å²) >= 11 is 0. The molecule has 0 amide bonds. The Hall–Kier alpha value is -0.990. The Morgan fingerprint density at radius 3 is 2.55 bits per heavy atom. The number of rotatable bonds is 5. The SMILES string of the molecule is C=C(N)NCCC(=O)C(C)C. The van der Waals surface area contributed by atoms with Gasteiger partial charge in [-0.3, -0.25) is 4.79 Å². The number of nitrogens with one attached hydrogen (secondary N) is 1. The highest BCUT2D eigenvalue weighted by Crippen LogP contribution is 1.96. The Morgan fingerprint density at radius 1 is 1.64 bits per heavy atom. The molecule has 3 heteroatoms. The van der Waals surface area contributed by atoms with Gasteiger partial charge in [0, 0.05) is 18.9 Å². The molecule has 0 unspecified atom stereocenters. The van der Waals surface area contributed by atoms with Crippen molar-refractivity contribution in [1.29, 1.82) is 0 Å². The summed E-state index contributed by atoms with van der Waals surface area (Å²) in [5.74, 6) is 0.781. The molecule has 3 N–H and O–H groups in total. The molecule has 0 aliphatic heterocycles. The summed E-state index contributed by atoms with van der Waals surface area (Å²) < 4.78 is 0. The van der Waals surface area contributed by atoms with Crippen LogP contribution in [0.2, 0.25) is 0 Å². The van der Waals surface area contributed by atoms with Crippen LogP contribution < -0.4 is 11.1 Å². The second kappa shape index (κ2) is 4.77. The first-order chi connectivity index (χ1) is 5.04. The molecule has 0 aromatic carbocycles. The first kappa shape index (κ1) is 10.0. The van der Waals surface area contributed by atoms with Crippen LogP contribution in [0.4, 0.5) is 0 Å². The van der Waals surface area contributed by atoms with Crippen LogP contribution in [0, 0.1) is 5.92 Å². The Kier molecular flexibility index (Phi) is 4.34. The van der Waals surface area contributed by atoms with Crippen molar-refractivity contribution in [2.24, 2.45) is 11.7 Å². The van der Waals surface area contributed by atoms with Crippen LogP contribution in [-0.4, -0.2) is 12.3 Å². The topological polar surface area (TPSA) is 55.1 Å². The maximum Gasteiger partial charge on any atom is 0.137 e. The summed E-state index contributed by atoms with van der Waals surface area (Å²) in [5, 5.41) is 2.79. The molecule has 0 saturated heterocycles. The molecular weight excluding hydrogens is 140 g/mol. The van der Waals surface area contributed by atoms with Gasteiger partial charge in [0.2, 0.25) is 0 Å². The van der Waals surface area contributed by atoms with Crippen LogP contribution >= 0.6 is 0 Å². The van der Waals surface area contributed by atoms with Crippen molar-refractivity contribution in [3.63, 3.8) is 0 Å². The van der Waals surface area contributed by atoms with Crippen molar-refractivity contribution in [2.75, 3.05) is 6.54 Å². The lowest BCUT2D eigenvalue weighted by Crippen LogP contribution is -2.23. The minimum absolute atomic E-state index is 0.114. The van der Waals surface area contributed by atoms with E-state index in [-0.39, 0.29) is 11.7 Å². The molecule has 0 aliphatic carbocycles. The summed E-state index contributed by atoms with van der Waals surface area (Å²) in [4.78, 5) is 11.0. The van der Waals surface area contributed by atoms with E-state index in [1.165, 1.54) is 0 Å². The van der Waals surface area contributed by atoms with E-state index in [1.54, 1.807) is 0 Å². The van der Waals surface area contributed by atoms with Crippen LogP contribution in [0.1, 0.15) is 20.3 Å². The highest BCUT2D eigenvalue weighted by molar-refractivity contribution is 5.80. The Labute approximate surface area is 67.7 Å². The summed E-state index contributed by atoms with van der Waals surface area (Å²) in [6.07, 6.45) is 0.522. The van der Waals surface area contributed by atoms with E-state index >= 15 is 0 Å². The van der Waals surface area contributed by atoms with E-state index in [9.17, 15) is 4.79 Å². The lowest BCUT2D eigenvalue weighted by atomic mass is 10.1. The minimum atomic E-state index is 0.114. The van der Waals surface area contributed by atoms with E-state index < -0.39 is 0 Å². The number of carbonyl (C=O) groups is 1. The summed E-state index contributed by atoms with van der Waals surface area (Å²) in [7, 11) is 0. The highest BCUT2D eigenvalue weighted by atomic mass is 16.1. The van der Waals surface area contributed by atoms with E-state index in [0.717, 1.165) is 0 Å². The molecule has 0 fully saturated rings. The standard InChI is InChI=1S/C8H16N2O/c1-6(2)8(11)4-5-10-7(3)9/h6,10H,3-5,9H2,1-2H3. The van der Waals surface area contributed by atoms with Crippen molar-refractivity contribution in [1.82, 2.24) is 5.32 Å². The molecule has 64 valence electrons. The zero-order valence-electron chi connectivity index (χ0n) is 7.18. The van der Waals surface area contributed by atoms with E-state index in [4.69, 9.17) is 5.73 Å². The lowest BCUT2D eigenvalue weighted by molar-refractivity contribution is -0.121. The summed E-state index contributed by atoms with van der Waals surface area (Å²) in [6, 6.07) is 0. The predicted molar refractivity (Wildman–Crippen MR) is 45.8 cm³/mol. The average Bonchev–Trinajstić information content (AvgIpc) is 1.86. The van der Waals surface area contributed by atoms with Gasteiger partial charge in [-0.1, -0.05) is 20.4 Å². The zero-order chi connectivity index (χ0) is 8.85. The monoisotopic (exact) mass is 156 g/mol. The van der Waals surface area contributed by atoms with Gasteiger partial charge in [0.1, 0.15) is 5.78 Å². The van der Waals surface area contributed by atoms with Gasteiger partial charge >= 0.3 is 0 Å². The number of hydrogen-bond acceptors (Lipinski definition) is 3. The summed E-state index contributed by atoms with van der Waals surface area (Å²) in [5.41, 5.74) is 5.24. The first-order valence-electron chi connectivity index (χ1n) is 3.75. The predicted octanol–water partition coefficient (Wildman–Crippen LogP) is 0.621. The molecule has 0 bridgehead atoms. The zero-order valence-corrected chi connectivity index (χ0v) is 7.18. The Bertz CT molecular complexity index is 152. The maximum absolute atomic E-state index is 11.0. The van der Waals surface area contributed by atoms with Crippen molar-refractivity contribution in [3.05, 3.63) is 12.4 Å². The van der Waals surface area contributed by atoms with Gasteiger partial charge in [-0.05, 0) is 0 Å². The third kappa shape index (κ3) is 5.45. The second-order valence-corrected chi connectivity index (χ2v) is 2.82. The van der Waals surface area contributed by atoms with Crippen molar-refractivity contribution < 1.29 is 4.79 Å². The normalized spacial score (nSPS) is 9.73. The van der Waals surface area contributed by atoms with E-state index in [2.05, 4.69) is 11.9 Å². The van der Waals surface area contributed by atoms with E-state index in [0.29, 0.717) is 18.8 Å². The van der Waals surface area contributed by atoms with Crippen LogP contribution in [0.25, 0.3) is 0 Å². The van der Waals surface area contributed by atoms with Crippen LogP contribution in [0.15, 0.2) is 12.4 Å². The fourth-order valence-electron chi connectivity index (χ4n) is 0.635. The van der Waals surface area contributed by atoms with E-state index in [1.807, 2.05) is 13.8 Å². The van der Waals surface area contributed by atoms with Gasteiger partial charge in [-0.15, -0.1) is 0 Å². The smallest absolute Gasteiger partial charge is 0.137 e. The first-order valence-corrected chi connectivity index (χ1v) is 3.75. The van der Waals surface area contributed by atoms with Crippen LogP contribution in [-0.2, 0) is 4.79 Å². The van der Waals surface area contributed by atoms with Crippen molar-refractivity contribution in [2.45, 2.75) is 20.3 Å². The Balaban J connectivity index is 3.39. The van der Waals surface area contributed by atoms with Gasteiger partial charge in [0.15, 0.2) is 0 Å².